The van der Waals surface area contributed by atoms with Crippen molar-refractivity contribution in [2.75, 3.05) is 33.2 Å². The Labute approximate surface area is 233 Å². The molecule has 0 unspecified atom stereocenters. The lowest BCUT2D eigenvalue weighted by Crippen LogP contribution is -2.06. The number of hydrogen-bond donors (Lipinski definition) is 0. The van der Waals surface area contributed by atoms with Gasteiger partial charge in [0.1, 0.15) is 11.5 Å². The molecule has 8 heteroatoms. The van der Waals surface area contributed by atoms with E-state index in [1.165, 1.54) is 6.26 Å². The van der Waals surface area contributed by atoms with Crippen molar-refractivity contribution in [3.8, 4) is 22.6 Å². The summed E-state index contributed by atoms with van der Waals surface area (Å²) in [4.78, 5) is 11.0. The zero-order valence-electron chi connectivity index (χ0n) is 22.4. The van der Waals surface area contributed by atoms with E-state index in [0.29, 0.717) is 68.1 Å². The molecule has 0 radical (unpaired) electrons. The van der Waals surface area contributed by atoms with Crippen molar-refractivity contribution < 1.29 is 37.3 Å². The molecule has 0 amide bonds. The predicted molar refractivity (Wildman–Crippen MR) is 149 cm³/mol. The number of carbonyl (C=O) groups is 1. The minimum absolute atomic E-state index is 0.155. The quantitative estimate of drug-likeness (QED) is 0.0568. The molecule has 3 aromatic rings. The zero-order chi connectivity index (χ0) is 28.6. The van der Waals surface area contributed by atoms with Gasteiger partial charge < -0.3 is 23.7 Å². The van der Waals surface area contributed by atoms with Crippen LogP contribution in [0.25, 0.3) is 11.1 Å². The predicted octanol–water partition coefficient (Wildman–Crippen LogP) is 6.82. The molecule has 0 spiro atoms. The Morgan fingerprint density at radius 2 is 1.40 bits per heavy atom. The molecular weight excluding hydrogens is 518 g/mol. The van der Waals surface area contributed by atoms with E-state index < -0.39 is 17.6 Å². The van der Waals surface area contributed by atoms with Crippen LogP contribution in [0.2, 0.25) is 0 Å². The summed E-state index contributed by atoms with van der Waals surface area (Å²) in [5.41, 5.74) is 2.05. The minimum atomic E-state index is -0.868. The number of aryl methyl sites for hydroxylation is 2. The first-order valence-electron chi connectivity index (χ1n) is 13.0. The summed E-state index contributed by atoms with van der Waals surface area (Å²) in [5, 5.41) is 0. The number of rotatable bonds is 18. The maximum absolute atomic E-state index is 15.0. The van der Waals surface area contributed by atoms with Crippen LogP contribution in [-0.2, 0) is 31.8 Å². The van der Waals surface area contributed by atoms with Gasteiger partial charge in [-0.05, 0) is 53.8 Å². The van der Waals surface area contributed by atoms with Gasteiger partial charge in [0.2, 0.25) is 0 Å². The summed E-state index contributed by atoms with van der Waals surface area (Å²) in [6.07, 6.45) is 4.57. The second kappa shape index (κ2) is 16.7. The highest BCUT2D eigenvalue weighted by Gasteiger charge is 2.15. The van der Waals surface area contributed by atoms with Crippen molar-refractivity contribution >= 4 is 5.97 Å². The van der Waals surface area contributed by atoms with Crippen LogP contribution in [0.5, 0.6) is 11.5 Å². The monoisotopic (exact) mass is 552 g/mol. The van der Waals surface area contributed by atoms with Crippen molar-refractivity contribution in [3.05, 3.63) is 109 Å². The molecule has 0 atom stereocenters. The molecule has 0 aliphatic carbocycles. The van der Waals surface area contributed by atoms with E-state index in [-0.39, 0.29) is 19.0 Å². The summed E-state index contributed by atoms with van der Waals surface area (Å²) in [7, 11) is 0. The summed E-state index contributed by atoms with van der Waals surface area (Å²) >= 11 is 0. The highest BCUT2D eigenvalue weighted by molar-refractivity contribution is 5.81. The van der Waals surface area contributed by atoms with Crippen molar-refractivity contribution in [3.63, 3.8) is 0 Å². The number of benzene rings is 3. The van der Waals surface area contributed by atoms with Crippen molar-refractivity contribution in [1.29, 1.82) is 0 Å². The molecule has 6 nitrogen and oxygen atoms in total. The average molecular weight is 553 g/mol. The van der Waals surface area contributed by atoms with Crippen molar-refractivity contribution in [1.82, 2.24) is 0 Å². The highest BCUT2D eigenvalue weighted by Crippen LogP contribution is 2.28. The number of esters is 1. The Morgan fingerprint density at radius 1 is 0.750 bits per heavy atom. The first-order chi connectivity index (χ1) is 19.5. The van der Waals surface area contributed by atoms with Crippen LogP contribution in [0.3, 0.4) is 0 Å². The van der Waals surface area contributed by atoms with Gasteiger partial charge in [0, 0.05) is 24.5 Å². The van der Waals surface area contributed by atoms with Gasteiger partial charge in [0.05, 0.1) is 32.7 Å². The number of ether oxygens (including phenoxy) is 5. The first kappa shape index (κ1) is 30.4. The van der Waals surface area contributed by atoms with Crippen LogP contribution in [0, 0.1) is 11.6 Å². The van der Waals surface area contributed by atoms with E-state index in [0.717, 1.165) is 11.6 Å². The number of carbonyl (C=O) groups excluding carboxylic acids is 1. The third-order valence-corrected chi connectivity index (χ3v) is 5.87. The highest BCUT2D eigenvalue weighted by atomic mass is 19.2. The second-order valence-electron chi connectivity index (χ2n) is 8.70. The van der Waals surface area contributed by atoms with Crippen LogP contribution < -0.4 is 9.47 Å². The summed E-state index contributed by atoms with van der Waals surface area (Å²) < 4.78 is 56.1. The van der Waals surface area contributed by atoms with Gasteiger partial charge in [0.15, 0.2) is 18.4 Å². The molecule has 0 saturated heterocycles. The fourth-order valence-corrected chi connectivity index (χ4v) is 3.75. The lowest BCUT2D eigenvalue weighted by atomic mass is 9.99. The van der Waals surface area contributed by atoms with Gasteiger partial charge in [-0.3, -0.25) is 0 Å². The van der Waals surface area contributed by atoms with E-state index in [9.17, 15) is 13.6 Å². The Balaban J connectivity index is 1.46. The molecule has 3 rings (SSSR count). The zero-order valence-corrected chi connectivity index (χ0v) is 22.4. The molecule has 0 aliphatic heterocycles. The Morgan fingerprint density at radius 3 is 2.05 bits per heavy atom. The van der Waals surface area contributed by atoms with E-state index in [1.54, 1.807) is 36.4 Å². The lowest BCUT2D eigenvalue weighted by molar-refractivity contribution is -0.137. The summed E-state index contributed by atoms with van der Waals surface area (Å²) in [6, 6.07) is 17.5. The maximum atomic E-state index is 15.0. The molecule has 0 heterocycles. The topological polar surface area (TPSA) is 63.2 Å². The fraction of sp³-hybridized carbons (Fsp3) is 0.281. The van der Waals surface area contributed by atoms with E-state index in [4.69, 9.17) is 23.7 Å². The standard InChI is InChI=1S/C32H34F2O6/c1-3-30(35)40-22-6-21-39-27-14-8-24(9-15-27)7-10-26-13-18-29(32(34)31(26)33)25-11-16-28(17-12-25)38-20-5-19-37-23-36-4-2/h3-4,8-9,11-18H,1-2,5-7,10,19-23H2. The molecule has 0 fully saturated rings. The smallest absolute Gasteiger partial charge is 0.330 e. The summed E-state index contributed by atoms with van der Waals surface area (Å²) in [5.74, 6) is -0.850. The molecule has 0 bridgehead atoms. The van der Waals surface area contributed by atoms with Gasteiger partial charge in [-0.2, -0.15) is 0 Å². The molecule has 0 aliphatic rings. The van der Waals surface area contributed by atoms with Gasteiger partial charge in [0.25, 0.3) is 0 Å². The Bertz CT molecular complexity index is 1230. The Kier molecular flexibility index (Phi) is 12.7. The van der Waals surface area contributed by atoms with Gasteiger partial charge >= 0.3 is 5.97 Å². The third kappa shape index (κ3) is 9.85. The van der Waals surface area contributed by atoms with Gasteiger partial charge in [-0.1, -0.05) is 49.6 Å². The molecule has 0 N–H and O–H groups in total. The molecule has 3 aromatic carbocycles. The number of hydrogen-bond acceptors (Lipinski definition) is 6. The van der Waals surface area contributed by atoms with Crippen LogP contribution in [0.15, 0.2) is 86.2 Å². The molecule has 40 heavy (non-hydrogen) atoms. The normalized spacial score (nSPS) is 10.6. The number of halogens is 2. The van der Waals surface area contributed by atoms with Gasteiger partial charge in [-0.15, -0.1) is 0 Å². The fourth-order valence-electron chi connectivity index (χ4n) is 3.75. The van der Waals surface area contributed by atoms with Gasteiger partial charge in [-0.25, -0.2) is 13.6 Å². The van der Waals surface area contributed by atoms with Crippen LogP contribution in [0.1, 0.15) is 24.0 Å². The van der Waals surface area contributed by atoms with E-state index in [1.807, 2.05) is 24.3 Å². The average Bonchev–Trinajstić information content (AvgIpc) is 2.98. The van der Waals surface area contributed by atoms with E-state index >= 15 is 0 Å². The van der Waals surface area contributed by atoms with Crippen LogP contribution in [0.4, 0.5) is 8.78 Å². The SMILES string of the molecule is C=COCOCCCOc1ccc(-c2ccc(CCc3ccc(OCCCOC(=O)C=C)cc3)c(F)c2F)cc1. The maximum Gasteiger partial charge on any atom is 0.330 e. The third-order valence-electron chi connectivity index (χ3n) is 5.87. The van der Waals surface area contributed by atoms with Crippen molar-refractivity contribution in [2.24, 2.45) is 0 Å². The largest absolute Gasteiger partial charge is 0.494 e. The molecule has 0 saturated carbocycles. The Hall–Kier alpha value is -4.17. The molecular formula is C32H34F2O6. The second-order valence-corrected chi connectivity index (χ2v) is 8.70. The first-order valence-corrected chi connectivity index (χ1v) is 13.0. The van der Waals surface area contributed by atoms with E-state index in [2.05, 4.69) is 13.2 Å². The summed E-state index contributed by atoms with van der Waals surface area (Å²) in [6.45, 7) is 8.52. The van der Waals surface area contributed by atoms with Crippen LogP contribution >= 0.6 is 0 Å². The van der Waals surface area contributed by atoms with Crippen LogP contribution in [-0.4, -0.2) is 39.2 Å². The molecule has 212 valence electrons. The lowest BCUT2D eigenvalue weighted by Gasteiger charge is -2.11. The van der Waals surface area contributed by atoms with Crippen molar-refractivity contribution in [2.45, 2.75) is 25.7 Å². The molecule has 0 aromatic heterocycles. The minimum Gasteiger partial charge on any atom is -0.494 e.